The van der Waals surface area contributed by atoms with Crippen LogP contribution < -0.4 is 29.6 Å². The summed E-state index contributed by atoms with van der Waals surface area (Å²) in [6, 6.07) is 28.8. The number of aromatic amines is 2. The number of carbonyl (C=O) groups is 2. The second kappa shape index (κ2) is 18.2. The maximum absolute atomic E-state index is 13.6. The molecule has 8 aromatic rings. The van der Waals surface area contributed by atoms with E-state index in [0.29, 0.717) is 67.3 Å². The number of ketones is 2. The maximum Gasteiger partial charge on any atom is 0.212 e. The van der Waals surface area contributed by atoms with Gasteiger partial charge >= 0.3 is 0 Å². The van der Waals surface area contributed by atoms with Crippen molar-refractivity contribution in [3.63, 3.8) is 0 Å². The molecule has 304 valence electrons. The summed E-state index contributed by atoms with van der Waals surface area (Å²) in [5, 5.41) is 7.85. The van der Waals surface area contributed by atoms with Gasteiger partial charge in [0, 0.05) is 104 Å². The standard InChI is InChI=1S/2C23H20FN3O3/c2*1-29-17-5-3-4-16(11-17)27-22(14-6-9-21(30-2)26-12-14)23(28)19-13-25-20-10-15(24)7-8-18(19)20/h2*3-13,22,25,27H,1-2H3. The first-order valence-electron chi connectivity index (χ1n) is 18.6. The summed E-state index contributed by atoms with van der Waals surface area (Å²) in [5.41, 5.74) is 4.81. The van der Waals surface area contributed by atoms with Gasteiger partial charge in [0.1, 0.15) is 35.2 Å². The van der Waals surface area contributed by atoms with Crippen LogP contribution in [-0.4, -0.2) is 59.9 Å². The van der Waals surface area contributed by atoms with E-state index < -0.39 is 12.1 Å². The van der Waals surface area contributed by atoms with Gasteiger partial charge < -0.3 is 39.5 Å². The lowest BCUT2D eigenvalue weighted by molar-refractivity contribution is 0.0963. The van der Waals surface area contributed by atoms with Gasteiger partial charge in [0.05, 0.1) is 28.4 Å². The summed E-state index contributed by atoms with van der Waals surface area (Å²) in [5.74, 6) is 1.15. The van der Waals surface area contributed by atoms with Crippen molar-refractivity contribution in [1.29, 1.82) is 0 Å². The van der Waals surface area contributed by atoms with E-state index in [1.165, 1.54) is 38.5 Å². The van der Waals surface area contributed by atoms with E-state index in [1.807, 2.05) is 48.5 Å². The average Bonchev–Trinajstić information content (AvgIpc) is 3.91. The number of nitrogens with zero attached hydrogens (tertiary/aromatic N) is 2. The van der Waals surface area contributed by atoms with E-state index in [4.69, 9.17) is 18.9 Å². The number of nitrogens with one attached hydrogen (secondary N) is 4. The topological polar surface area (TPSA) is 152 Å². The number of benzene rings is 4. The number of halogens is 2. The molecule has 0 fully saturated rings. The lowest BCUT2D eigenvalue weighted by atomic mass is 9.97. The molecule has 2 atom stereocenters. The van der Waals surface area contributed by atoms with E-state index in [1.54, 1.807) is 75.4 Å². The smallest absolute Gasteiger partial charge is 0.212 e. The minimum Gasteiger partial charge on any atom is -0.497 e. The fraction of sp³-hybridized carbons (Fsp3) is 0.130. The van der Waals surface area contributed by atoms with Crippen LogP contribution in [0.2, 0.25) is 0 Å². The third-order valence-corrected chi connectivity index (χ3v) is 9.71. The van der Waals surface area contributed by atoms with Crippen LogP contribution in [-0.2, 0) is 0 Å². The van der Waals surface area contributed by atoms with Gasteiger partial charge in [-0.05, 0) is 72.8 Å². The minimum absolute atomic E-state index is 0.178. The third kappa shape index (κ3) is 9.02. The fourth-order valence-electron chi connectivity index (χ4n) is 6.64. The van der Waals surface area contributed by atoms with Crippen molar-refractivity contribution < 1.29 is 37.3 Å². The van der Waals surface area contributed by atoms with Crippen LogP contribution in [0.4, 0.5) is 20.2 Å². The van der Waals surface area contributed by atoms with Crippen LogP contribution in [0.15, 0.2) is 134 Å². The molecule has 0 amide bonds. The number of rotatable bonds is 14. The van der Waals surface area contributed by atoms with Crippen molar-refractivity contribution >= 4 is 44.7 Å². The Morgan fingerprint density at radius 3 is 1.35 bits per heavy atom. The van der Waals surface area contributed by atoms with Crippen molar-refractivity contribution in [2.24, 2.45) is 0 Å². The normalized spacial score (nSPS) is 11.8. The van der Waals surface area contributed by atoms with Gasteiger partial charge in [-0.3, -0.25) is 9.59 Å². The first-order chi connectivity index (χ1) is 29.2. The number of ether oxygens (including phenoxy) is 4. The zero-order chi connectivity index (χ0) is 42.2. The molecule has 60 heavy (non-hydrogen) atoms. The number of methoxy groups -OCH3 is 4. The number of Topliss-reactive ketones (excluding diaryl/α,β-unsaturated/α-hetero) is 2. The molecule has 12 nitrogen and oxygen atoms in total. The lowest BCUT2D eigenvalue weighted by Gasteiger charge is -2.19. The van der Waals surface area contributed by atoms with Gasteiger partial charge in [-0.25, -0.2) is 18.7 Å². The lowest BCUT2D eigenvalue weighted by Crippen LogP contribution is -2.21. The predicted octanol–water partition coefficient (Wildman–Crippen LogP) is 9.51. The second-order valence-electron chi connectivity index (χ2n) is 13.4. The van der Waals surface area contributed by atoms with Crippen molar-refractivity contribution in [3.8, 4) is 23.3 Å². The summed E-state index contributed by atoms with van der Waals surface area (Å²) in [6.07, 6.45) is 6.40. The Morgan fingerprint density at radius 2 is 0.983 bits per heavy atom. The van der Waals surface area contributed by atoms with Crippen molar-refractivity contribution in [3.05, 3.63) is 168 Å². The summed E-state index contributed by atoms with van der Waals surface area (Å²) in [6.45, 7) is 0. The Hall–Kier alpha value is -7.74. The molecule has 14 heteroatoms. The molecule has 4 heterocycles. The van der Waals surface area contributed by atoms with Gasteiger partial charge in [-0.1, -0.05) is 12.1 Å². The Kier molecular flexibility index (Phi) is 12.3. The SMILES string of the molecule is COc1cccc(NC(C(=O)c2c[nH]c3cc(F)ccc23)c2ccc(OC)nc2)c1.COc1cccc(NC(C(=O)c2c[nH]c3cc(F)ccc23)c2ccc(OC)nc2)c1. The molecule has 0 spiro atoms. The van der Waals surface area contributed by atoms with E-state index >= 15 is 0 Å². The number of fused-ring (bicyclic) bond motifs is 2. The number of carbonyl (C=O) groups excluding carboxylic acids is 2. The van der Waals surface area contributed by atoms with Gasteiger partial charge in [-0.15, -0.1) is 0 Å². The van der Waals surface area contributed by atoms with Crippen molar-refractivity contribution in [2.75, 3.05) is 39.1 Å². The molecular formula is C46H40F2N6O6. The average molecular weight is 811 g/mol. The number of H-pyrrole nitrogens is 2. The van der Waals surface area contributed by atoms with Gasteiger partial charge in [0.2, 0.25) is 11.8 Å². The number of hydrogen-bond donors (Lipinski definition) is 4. The number of pyridine rings is 2. The van der Waals surface area contributed by atoms with Crippen LogP contribution in [0.5, 0.6) is 23.3 Å². The van der Waals surface area contributed by atoms with Crippen LogP contribution >= 0.6 is 0 Å². The van der Waals surface area contributed by atoms with Gasteiger partial charge in [0.15, 0.2) is 11.6 Å². The minimum atomic E-state index is -0.723. The molecule has 0 saturated carbocycles. The second-order valence-corrected chi connectivity index (χ2v) is 13.4. The van der Waals surface area contributed by atoms with E-state index in [0.717, 1.165) is 11.4 Å². The highest BCUT2D eigenvalue weighted by molar-refractivity contribution is 6.12. The van der Waals surface area contributed by atoms with Crippen LogP contribution in [0.25, 0.3) is 21.8 Å². The summed E-state index contributed by atoms with van der Waals surface area (Å²) in [4.78, 5) is 41.5. The van der Waals surface area contributed by atoms with Crippen LogP contribution in [0.3, 0.4) is 0 Å². The summed E-state index contributed by atoms with van der Waals surface area (Å²) < 4.78 is 47.9. The molecule has 0 bridgehead atoms. The maximum atomic E-state index is 13.6. The summed E-state index contributed by atoms with van der Waals surface area (Å²) >= 11 is 0. The molecule has 0 radical (unpaired) electrons. The Labute approximate surface area is 343 Å². The van der Waals surface area contributed by atoms with Gasteiger partial charge in [0.25, 0.3) is 0 Å². The first-order valence-corrected chi connectivity index (χ1v) is 18.6. The number of aromatic nitrogens is 4. The predicted molar refractivity (Wildman–Crippen MR) is 225 cm³/mol. The Morgan fingerprint density at radius 1 is 0.550 bits per heavy atom. The molecule has 2 unspecified atom stereocenters. The molecule has 4 aromatic carbocycles. The van der Waals surface area contributed by atoms with Crippen molar-refractivity contribution in [1.82, 2.24) is 19.9 Å². The van der Waals surface area contributed by atoms with E-state index in [9.17, 15) is 18.4 Å². The molecule has 0 aliphatic heterocycles. The van der Waals surface area contributed by atoms with Crippen LogP contribution in [0, 0.1) is 11.6 Å². The fourth-order valence-corrected chi connectivity index (χ4v) is 6.64. The number of hydrogen-bond acceptors (Lipinski definition) is 10. The van der Waals surface area contributed by atoms with E-state index in [2.05, 4.69) is 30.6 Å². The number of anilines is 2. The molecule has 8 rings (SSSR count). The largest absolute Gasteiger partial charge is 0.497 e. The van der Waals surface area contributed by atoms with Crippen LogP contribution in [0.1, 0.15) is 43.9 Å². The van der Waals surface area contributed by atoms with E-state index in [-0.39, 0.29) is 23.2 Å². The molecule has 0 saturated heterocycles. The molecule has 4 N–H and O–H groups in total. The first kappa shape index (κ1) is 40.5. The monoisotopic (exact) mass is 810 g/mol. The summed E-state index contributed by atoms with van der Waals surface area (Å²) in [7, 11) is 6.23. The Bertz CT molecular complexity index is 2570. The zero-order valence-corrected chi connectivity index (χ0v) is 33.0. The quantitative estimate of drug-likeness (QED) is 0.0782. The molecule has 0 aliphatic rings. The highest BCUT2D eigenvalue weighted by Gasteiger charge is 2.27. The van der Waals surface area contributed by atoms with Gasteiger partial charge in [-0.2, -0.15) is 0 Å². The zero-order valence-electron chi connectivity index (χ0n) is 33.0. The highest BCUT2D eigenvalue weighted by Crippen LogP contribution is 2.31. The Balaban J connectivity index is 0.000000181. The third-order valence-electron chi connectivity index (χ3n) is 9.71. The molecule has 4 aromatic heterocycles. The highest BCUT2D eigenvalue weighted by atomic mass is 19.1. The molecule has 0 aliphatic carbocycles. The van der Waals surface area contributed by atoms with Crippen molar-refractivity contribution in [2.45, 2.75) is 12.1 Å². The molecular weight excluding hydrogens is 771 g/mol.